The Balaban J connectivity index is 2.07. The molecular weight excluding hydrogens is 238 g/mol. The largest absolute Gasteiger partial charge is 0.493 e. The molecule has 1 aromatic carbocycles. The van der Waals surface area contributed by atoms with Crippen molar-refractivity contribution in [2.75, 3.05) is 6.61 Å². The van der Waals surface area contributed by atoms with Crippen LogP contribution in [0.3, 0.4) is 0 Å². The number of rotatable bonds is 1. The predicted octanol–water partition coefficient (Wildman–Crippen LogP) is 2.52. The second kappa shape index (κ2) is 4.30. The SMILES string of the molecule is Clc1ncnnc1-c1ccc2c(c1)CCCO2. The molecule has 1 aromatic heterocycles. The molecule has 3 rings (SSSR count). The van der Waals surface area contributed by atoms with Gasteiger partial charge in [0.25, 0.3) is 0 Å². The summed E-state index contributed by atoms with van der Waals surface area (Å²) in [4.78, 5) is 3.93. The molecule has 0 unspecified atom stereocenters. The van der Waals surface area contributed by atoms with Gasteiger partial charge in [0.2, 0.25) is 0 Å². The molecule has 4 nitrogen and oxygen atoms in total. The molecule has 0 bridgehead atoms. The Morgan fingerprint density at radius 1 is 1.29 bits per heavy atom. The van der Waals surface area contributed by atoms with E-state index in [1.165, 1.54) is 11.9 Å². The highest BCUT2D eigenvalue weighted by Crippen LogP contribution is 2.30. The lowest BCUT2D eigenvalue weighted by Crippen LogP contribution is -2.08. The van der Waals surface area contributed by atoms with Crippen LogP contribution < -0.4 is 4.74 Å². The van der Waals surface area contributed by atoms with Gasteiger partial charge in [-0.3, -0.25) is 0 Å². The van der Waals surface area contributed by atoms with E-state index >= 15 is 0 Å². The zero-order chi connectivity index (χ0) is 11.7. The fraction of sp³-hybridized carbons (Fsp3) is 0.250. The summed E-state index contributed by atoms with van der Waals surface area (Å²) < 4.78 is 5.56. The molecule has 5 heteroatoms. The maximum atomic E-state index is 6.00. The first-order chi connectivity index (χ1) is 8.34. The third-order valence-corrected chi connectivity index (χ3v) is 3.03. The molecule has 0 saturated carbocycles. The fourth-order valence-electron chi connectivity index (χ4n) is 1.95. The summed E-state index contributed by atoms with van der Waals surface area (Å²) in [6.07, 6.45) is 3.41. The van der Waals surface area contributed by atoms with E-state index in [0.717, 1.165) is 30.8 Å². The second-order valence-electron chi connectivity index (χ2n) is 3.87. The summed E-state index contributed by atoms with van der Waals surface area (Å²) >= 11 is 6.00. The number of ether oxygens (including phenoxy) is 1. The number of aromatic nitrogens is 3. The zero-order valence-corrected chi connectivity index (χ0v) is 9.81. The molecule has 2 aromatic rings. The van der Waals surface area contributed by atoms with Crippen LogP contribution in [-0.2, 0) is 6.42 Å². The Morgan fingerprint density at radius 2 is 2.24 bits per heavy atom. The summed E-state index contributed by atoms with van der Waals surface area (Å²) in [5.74, 6) is 0.952. The van der Waals surface area contributed by atoms with Crippen LogP contribution in [0.15, 0.2) is 24.5 Å². The van der Waals surface area contributed by atoms with Gasteiger partial charge in [0.15, 0.2) is 5.15 Å². The summed E-state index contributed by atoms with van der Waals surface area (Å²) in [6.45, 7) is 0.791. The molecule has 0 N–H and O–H groups in total. The van der Waals surface area contributed by atoms with Gasteiger partial charge in [-0.25, -0.2) is 4.98 Å². The van der Waals surface area contributed by atoms with Crippen molar-refractivity contribution in [1.82, 2.24) is 15.2 Å². The van der Waals surface area contributed by atoms with E-state index in [1.54, 1.807) is 0 Å². The molecule has 0 amide bonds. The second-order valence-corrected chi connectivity index (χ2v) is 4.23. The molecule has 0 radical (unpaired) electrons. The van der Waals surface area contributed by atoms with E-state index < -0.39 is 0 Å². The molecule has 1 aliphatic heterocycles. The first-order valence-corrected chi connectivity index (χ1v) is 5.81. The fourth-order valence-corrected chi connectivity index (χ4v) is 2.14. The first-order valence-electron chi connectivity index (χ1n) is 5.44. The van der Waals surface area contributed by atoms with Crippen LogP contribution in [0.4, 0.5) is 0 Å². The quantitative estimate of drug-likeness (QED) is 0.777. The topological polar surface area (TPSA) is 47.9 Å². The van der Waals surface area contributed by atoms with Gasteiger partial charge in [-0.05, 0) is 36.6 Å². The van der Waals surface area contributed by atoms with E-state index in [9.17, 15) is 0 Å². The average molecular weight is 248 g/mol. The van der Waals surface area contributed by atoms with Crippen molar-refractivity contribution in [3.05, 3.63) is 35.2 Å². The molecule has 86 valence electrons. The number of hydrogen-bond donors (Lipinski definition) is 0. The van der Waals surface area contributed by atoms with Gasteiger partial charge in [0.05, 0.1) is 6.61 Å². The minimum Gasteiger partial charge on any atom is -0.493 e. The van der Waals surface area contributed by atoms with Crippen molar-refractivity contribution in [3.63, 3.8) is 0 Å². The van der Waals surface area contributed by atoms with E-state index in [2.05, 4.69) is 15.2 Å². The number of hydrogen-bond acceptors (Lipinski definition) is 4. The van der Waals surface area contributed by atoms with Crippen molar-refractivity contribution < 1.29 is 4.74 Å². The number of benzene rings is 1. The van der Waals surface area contributed by atoms with Gasteiger partial charge in [-0.1, -0.05) is 11.6 Å². The van der Waals surface area contributed by atoms with Crippen LogP contribution in [0.5, 0.6) is 5.75 Å². The van der Waals surface area contributed by atoms with Crippen molar-refractivity contribution in [1.29, 1.82) is 0 Å². The maximum absolute atomic E-state index is 6.00. The Bertz CT molecular complexity index is 559. The number of fused-ring (bicyclic) bond motifs is 1. The van der Waals surface area contributed by atoms with Crippen LogP contribution in [0.25, 0.3) is 11.3 Å². The summed E-state index contributed by atoms with van der Waals surface area (Å²) in [7, 11) is 0. The molecular formula is C12H10ClN3O. The molecule has 1 aliphatic rings. The zero-order valence-electron chi connectivity index (χ0n) is 9.06. The van der Waals surface area contributed by atoms with Gasteiger partial charge in [-0.15, -0.1) is 10.2 Å². The first kappa shape index (κ1) is 10.5. The highest BCUT2D eigenvalue weighted by molar-refractivity contribution is 6.31. The predicted molar refractivity (Wildman–Crippen MR) is 64.1 cm³/mol. The Kier molecular flexibility index (Phi) is 2.65. The Morgan fingerprint density at radius 3 is 3.12 bits per heavy atom. The van der Waals surface area contributed by atoms with Gasteiger partial charge in [0.1, 0.15) is 17.8 Å². The van der Waals surface area contributed by atoms with Crippen LogP contribution in [0, 0.1) is 0 Å². The van der Waals surface area contributed by atoms with Crippen molar-refractivity contribution in [2.45, 2.75) is 12.8 Å². The third-order valence-electron chi connectivity index (χ3n) is 2.76. The smallest absolute Gasteiger partial charge is 0.159 e. The molecule has 0 saturated heterocycles. The van der Waals surface area contributed by atoms with E-state index in [0.29, 0.717) is 10.8 Å². The van der Waals surface area contributed by atoms with Gasteiger partial charge in [0, 0.05) is 5.56 Å². The number of aryl methyl sites for hydroxylation is 1. The van der Waals surface area contributed by atoms with E-state index in [4.69, 9.17) is 16.3 Å². The lowest BCUT2D eigenvalue weighted by Gasteiger charge is -2.17. The van der Waals surface area contributed by atoms with E-state index in [-0.39, 0.29) is 0 Å². The van der Waals surface area contributed by atoms with E-state index in [1.807, 2.05) is 18.2 Å². The number of nitrogens with zero attached hydrogens (tertiary/aromatic N) is 3. The highest BCUT2D eigenvalue weighted by atomic mass is 35.5. The van der Waals surface area contributed by atoms with Gasteiger partial charge >= 0.3 is 0 Å². The summed E-state index contributed by atoms with van der Waals surface area (Å²) in [5, 5.41) is 8.14. The van der Waals surface area contributed by atoms with Crippen LogP contribution in [0.2, 0.25) is 5.15 Å². The van der Waals surface area contributed by atoms with Crippen molar-refractivity contribution >= 4 is 11.6 Å². The minimum atomic E-state index is 0.372. The van der Waals surface area contributed by atoms with Crippen molar-refractivity contribution in [3.8, 4) is 17.0 Å². The molecule has 2 heterocycles. The monoisotopic (exact) mass is 247 g/mol. The lowest BCUT2D eigenvalue weighted by molar-refractivity contribution is 0.288. The van der Waals surface area contributed by atoms with Crippen LogP contribution in [0.1, 0.15) is 12.0 Å². The summed E-state index contributed by atoms with van der Waals surface area (Å²) in [6, 6.07) is 5.93. The molecule has 0 aliphatic carbocycles. The average Bonchev–Trinajstić information content (AvgIpc) is 2.39. The van der Waals surface area contributed by atoms with Crippen LogP contribution >= 0.6 is 11.6 Å². The van der Waals surface area contributed by atoms with Gasteiger partial charge < -0.3 is 4.74 Å². The lowest BCUT2D eigenvalue weighted by atomic mass is 10.0. The summed E-state index contributed by atoms with van der Waals surface area (Å²) in [5.41, 5.74) is 2.73. The molecule has 0 fully saturated rings. The standard InChI is InChI=1S/C12H10ClN3O/c13-12-11(16-15-7-14-12)9-3-4-10-8(6-9)2-1-5-17-10/h3-4,6-7H,1-2,5H2. The van der Waals surface area contributed by atoms with Crippen LogP contribution in [-0.4, -0.2) is 21.8 Å². The van der Waals surface area contributed by atoms with Gasteiger partial charge in [-0.2, -0.15) is 0 Å². The Labute approximate surface area is 104 Å². The highest BCUT2D eigenvalue weighted by Gasteiger charge is 2.13. The Hall–Kier alpha value is -1.68. The molecule has 17 heavy (non-hydrogen) atoms. The normalized spacial score (nSPS) is 13.9. The number of halogens is 1. The minimum absolute atomic E-state index is 0.372. The van der Waals surface area contributed by atoms with Crippen molar-refractivity contribution in [2.24, 2.45) is 0 Å². The third kappa shape index (κ3) is 1.96. The maximum Gasteiger partial charge on any atom is 0.159 e. The molecule has 0 atom stereocenters. The molecule has 0 spiro atoms.